The Labute approximate surface area is 136 Å². The number of carbonyl (C=O) groups is 1. The van der Waals surface area contributed by atoms with Gasteiger partial charge in [0.2, 0.25) is 0 Å². The third-order valence-electron chi connectivity index (χ3n) is 3.89. The zero-order valence-corrected chi connectivity index (χ0v) is 12.7. The van der Waals surface area contributed by atoms with Crippen LogP contribution in [0.3, 0.4) is 0 Å². The molecule has 1 saturated heterocycles. The van der Waals surface area contributed by atoms with E-state index in [2.05, 4.69) is 20.4 Å². The van der Waals surface area contributed by atoms with Crippen molar-refractivity contribution in [2.24, 2.45) is 0 Å². The van der Waals surface area contributed by atoms with Crippen molar-refractivity contribution in [3.05, 3.63) is 35.8 Å². The van der Waals surface area contributed by atoms with Gasteiger partial charge in [0, 0.05) is 23.7 Å². The minimum Gasteiger partial charge on any atom is -0.432 e. The van der Waals surface area contributed by atoms with E-state index in [0.29, 0.717) is 10.9 Å². The molecule has 1 amide bonds. The lowest BCUT2D eigenvalue weighted by Gasteiger charge is -2.23. The fourth-order valence-corrected chi connectivity index (χ4v) is 2.67. The molecule has 128 valence electrons. The van der Waals surface area contributed by atoms with Crippen molar-refractivity contribution in [2.75, 3.05) is 13.1 Å². The van der Waals surface area contributed by atoms with Crippen LogP contribution in [0.15, 0.2) is 24.4 Å². The number of piperidine rings is 1. The normalized spacial score (nSPS) is 15.7. The first-order chi connectivity index (χ1) is 11.5. The van der Waals surface area contributed by atoms with E-state index in [1.165, 1.54) is 12.3 Å². The highest BCUT2D eigenvalue weighted by molar-refractivity contribution is 5.97. The topological polar surface area (TPSA) is 63.2 Å². The fourth-order valence-electron chi connectivity index (χ4n) is 2.67. The highest BCUT2D eigenvalue weighted by Crippen LogP contribution is 2.25. The largest absolute Gasteiger partial charge is 0.432 e. The van der Waals surface area contributed by atoms with Crippen LogP contribution in [-0.4, -0.2) is 36.6 Å². The van der Waals surface area contributed by atoms with Crippen LogP contribution in [0.25, 0.3) is 10.9 Å². The first-order valence-corrected chi connectivity index (χ1v) is 7.58. The second-order valence-electron chi connectivity index (χ2n) is 5.58. The molecule has 1 aliphatic heterocycles. The number of halogens is 3. The average molecular weight is 339 g/mol. The van der Waals surface area contributed by atoms with E-state index in [0.717, 1.165) is 38.1 Å². The van der Waals surface area contributed by atoms with Crippen LogP contribution < -0.4 is 15.4 Å². The molecule has 0 radical (unpaired) electrons. The maximum Gasteiger partial charge on any atom is 0.387 e. The number of hydrogen-bond acceptors (Lipinski definition) is 4. The molecule has 2 heterocycles. The minimum atomic E-state index is -3.12. The van der Waals surface area contributed by atoms with Gasteiger partial charge < -0.3 is 15.4 Å². The van der Waals surface area contributed by atoms with E-state index >= 15 is 0 Å². The number of nitrogens with zero attached hydrogens (tertiary/aromatic N) is 1. The quantitative estimate of drug-likeness (QED) is 0.898. The van der Waals surface area contributed by atoms with Gasteiger partial charge in [-0.05, 0) is 38.1 Å². The van der Waals surface area contributed by atoms with Crippen molar-refractivity contribution < 1.29 is 22.7 Å². The lowest BCUT2D eigenvalue weighted by atomic mass is 10.1. The molecule has 0 unspecified atom stereocenters. The minimum absolute atomic E-state index is 0.0907. The van der Waals surface area contributed by atoms with Gasteiger partial charge in [0.05, 0.1) is 11.1 Å². The number of rotatable bonds is 4. The van der Waals surface area contributed by atoms with Gasteiger partial charge in [-0.15, -0.1) is 0 Å². The van der Waals surface area contributed by atoms with E-state index < -0.39 is 18.2 Å². The standard InChI is InChI=1S/C16H16F3N3O2/c17-12-6-9-5-10(15(23)22-11-1-3-20-4-2-11)8-21-13(9)7-14(12)24-16(18)19/h5-8,11,16,20H,1-4H2,(H,22,23). The predicted molar refractivity (Wildman–Crippen MR) is 81.7 cm³/mol. The smallest absolute Gasteiger partial charge is 0.387 e. The number of nitrogens with one attached hydrogen (secondary N) is 2. The molecule has 0 bridgehead atoms. The van der Waals surface area contributed by atoms with Crippen LogP contribution in [0, 0.1) is 5.82 Å². The van der Waals surface area contributed by atoms with Crippen molar-refractivity contribution in [1.82, 2.24) is 15.6 Å². The van der Waals surface area contributed by atoms with Crippen LogP contribution in [0.4, 0.5) is 13.2 Å². The summed E-state index contributed by atoms with van der Waals surface area (Å²) >= 11 is 0. The lowest BCUT2D eigenvalue weighted by Crippen LogP contribution is -2.42. The molecule has 1 aliphatic rings. The molecule has 1 aromatic carbocycles. The Kier molecular flexibility index (Phi) is 4.84. The Balaban J connectivity index is 1.81. The molecule has 2 aromatic rings. The number of amides is 1. The molecule has 24 heavy (non-hydrogen) atoms. The molecular formula is C16H16F3N3O2. The SMILES string of the molecule is O=C(NC1CCNCC1)c1cnc2cc(OC(F)F)c(F)cc2c1. The summed E-state index contributed by atoms with van der Waals surface area (Å²) in [7, 11) is 0. The average Bonchev–Trinajstić information content (AvgIpc) is 2.55. The summed E-state index contributed by atoms with van der Waals surface area (Å²) < 4.78 is 42.3. The van der Waals surface area contributed by atoms with Gasteiger partial charge in [0.15, 0.2) is 11.6 Å². The maximum absolute atomic E-state index is 13.8. The van der Waals surface area contributed by atoms with Crippen LogP contribution in [0.1, 0.15) is 23.2 Å². The number of carbonyl (C=O) groups excluding carboxylic acids is 1. The molecule has 0 aliphatic carbocycles. The van der Waals surface area contributed by atoms with Crippen LogP contribution >= 0.6 is 0 Å². The third kappa shape index (κ3) is 3.76. The predicted octanol–water partition coefficient (Wildman–Crippen LogP) is 2.46. The zero-order chi connectivity index (χ0) is 17.1. The number of benzene rings is 1. The van der Waals surface area contributed by atoms with Gasteiger partial charge in [-0.1, -0.05) is 0 Å². The highest BCUT2D eigenvalue weighted by Gasteiger charge is 2.18. The molecule has 1 aromatic heterocycles. The molecule has 2 N–H and O–H groups in total. The molecule has 0 saturated carbocycles. The second-order valence-corrected chi connectivity index (χ2v) is 5.58. The Morgan fingerprint density at radius 1 is 1.29 bits per heavy atom. The highest BCUT2D eigenvalue weighted by atomic mass is 19.3. The first kappa shape index (κ1) is 16.5. The van der Waals surface area contributed by atoms with Gasteiger partial charge >= 0.3 is 6.61 Å². The second kappa shape index (κ2) is 7.04. The fraction of sp³-hybridized carbons (Fsp3) is 0.375. The molecule has 0 atom stereocenters. The Morgan fingerprint density at radius 2 is 2.04 bits per heavy atom. The molecule has 3 rings (SSSR count). The molecular weight excluding hydrogens is 323 g/mol. The van der Waals surface area contributed by atoms with Crippen molar-refractivity contribution in [2.45, 2.75) is 25.5 Å². The Morgan fingerprint density at radius 3 is 2.75 bits per heavy atom. The monoisotopic (exact) mass is 339 g/mol. The van der Waals surface area contributed by atoms with Crippen LogP contribution in [0.5, 0.6) is 5.75 Å². The Hall–Kier alpha value is -2.35. The molecule has 8 heteroatoms. The van der Waals surface area contributed by atoms with Crippen molar-refractivity contribution in [3.63, 3.8) is 0 Å². The van der Waals surface area contributed by atoms with E-state index in [-0.39, 0.29) is 17.5 Å². The number of hydrogen-bond donors (Lipinski definition) is 2. The number of aromatic nitrogens is 1. The van der Waals surface area contributed by atoms with E-state index in [4.69, 9.17) is 0 Å². The maximum atomic E-state index is 13.8. The van der Waals surface area contributed by atoms with Crippen molar-refractivity contribution >= 4 is 16.8 Å². The summed E-state index contributed by atoms with van der Waals surface area (Å²) in [5.74, 6) is -1.79. The number of fused-ring (bicyclic) bond motifs is 1. The van der Waals surface area contributed by atoms with Crippen molar-refractivity contribution in [3.8, 4) is 5.75 Å². The van der Waals surface area contributed by atoms with Gasteiger partial charge in [-0.2, -0.15) is 8.78 Å². The van der Waals surface area contributed by atoms with E-state index in [1.54, 1.807) is 0 Å². The van der Waals surface area contributed by atoms with E-state index in [1.807, 2.05) is 0 Å². The molecule has 0 spiro atoms. The summed E-state index contributed by atoms with van der Waals surface area (Å²) in [5.41, 5.74) is 0.563. The molecule has 5 nitrogen and oxygen atoms in total. The van der Waals surface area contributed by atoms with Crippen LogP contribution in [0.2, 0.25) is 0 Å². The summed E-state index contributed by atoms with van der Waals surface area (Å²) in [4.78, 5) is 16.3. The number of pyridine rings is 1. The van der Waals surface area contributed by atoms with Gasteiger partial charge in [0.25, 0.3) is 5.91 Å². The zero-order valence-electron chi connectivity index (χ0n) is 12.7. The number of ether oxygens (including phenoxy) is 1. The van der Waals surface area contributed by atoms with Crippen molar-refractivity contribution in [1.29, 1.82) is 0 Å². The third-order valence-corrected chi connectivity index (χ3v) is 3.89. The van der Waals surface area contributed by atoms with E-state index in [9.17, 15) is 18.0 Å². The van der Waals surface area contributed by atoms with Gasteiger partial charge in [-0.25, -0.2) is 4.39 Å². The summed E-state index contributed by atoms with van der Waals surface area (Å²) in [6, 6.07) is 3.69. The summed E-state index contributed by atoms with van der Waals surface area (Å²) in [5, 5.41) is 6.46. The Bertz CT molecular complexity index is 749. The molecule has 1 fully saturated rings. The number of alkyl halides is 2. The lowest BCUT2D eigenvalue weighted by molar-refractivity contribution is -0.0520. The van der Waals surface area contributed by atoms with Gasteiger partial charge in [0.1, 0.15) is 0 Å². The summed E-state index contributed by atoms with van der Waals surface area (Å²) in [6.45, 7) is -1.43. The summed E-state index contributed by atoms with van der Waals surface area (Å²) in [6.07, 6.45) is 3.02. The first-order valence-electron chi connectivity index (χ1n) is 7.58. The van der Waals surface area contributed by atoms with Crippen LogP contribution in [-0.2, 0) is 0 Å². The van der Waals surface area contributed by atoms with Gasteiger partial charge in [-0.3, -0.25) is 9.78 Å².